The Bertz CT molecular complexity index is 459. The maximum atomic E-state index is 13.2. The Labute approximate surface area is 162 Å². The second-order valence-corrected chi connectivity index (χ2v) is 7.89. The molecule has 0 amide bonds. The van der Waals surface area contributed by atoms with Gasteiger partial charge in [0.1, 0.15) is 0 Å². The molecule has 0 radical (unpaired) electrons. The Kier molecular flexibility index (Phi) is 8.28. The van der Waals surface area contributed by atoms with Crippen molar-refractivity contribution < 1.29 is 57.4 Å². The zero-order valence-corrected chi connectivity index (χ0v) is 15.0. The quantitative estimate of drug-likeness (QED) is 0.249. The lowest BCUT2D eigenvalue weighted by Crippen LogP contribution is -2.48. The van der Waals surface area contributed by atoms with Gasteiger partial charge in [0.05, 0.1) is 12.8 Å². The second-order valence-electron chi connectivity index (χ2n) is 5.06. The SMILES string of the molecule is FC(C(F)(F)F)C(F)(F)CC(Cl)(Cl)OC(Cl)(Cl)CC(F)(F)C(F)C(F)(F)F. The monoisotopic (exact) mass is 510 g/mol. The van der Waals surface area contributed by atoms with Crippen molar-refractivity contribution in [1.29, 1.82) is 0 Å². The number of ether oxygens (including phenoxy) is 1. The lowest BCUT2D eigenvalue weighted by molar-refractivity contribution is -0.255. The molecule has 2 atom stereocenters. The second kappa shape index (κ2) is 8.19. The maximum Gasteiger partial charge on any atom is 0.425 e. The van der Waals surface area contributed by atoms with E-state index in [-0.39, 0.29) is 0 Å². The molecular weight excluding hydrogens is 506 g/mol. The van der Waals surface area contributed by atoms with E-state index in [2.05, 4.69) is 4.74 Å². The van der Waals surface area contributed by atoms with Crippen molar-refractivity contribution >= 4 is 46.4 Å². The van der Waals surface area contributed by atoms with Gasteiger partial charge in [-0.2, -0.15) is 26.3 Å². The highest BCUT2D eigenvalue weighted by atomic mass is 35.5. The van der Waals surface area contributed by atoms with Crippen molar-refractivity contribution in [3.8, 4) is 0 Å². The van der Waals surface area contributed by atoms with Gasteiger partial charge in [-0.15, -0.1) is 0 Å². The van der Waals surface area contributed by atoms with E-state index in [1.54, 1.807) is 0 Å². The molecule has 0 spiro atoms. The Morgan fingerprint density at radius 1 is 0.556 bits per heavy atom. The van der Waals surface area contributed by atoms with Gasteiger partial charge < -0.3 is 4.74 Å². The van der Waals surface area contributed by atoms with E-state index in [0.29, 0.717) is 0 Å². The van der Waals surface area contributed by atoms with Crippen molar-refractivity contribution in [2.45, 2.75) is 58.4 Å². The fraction of sp³-hybridized carbons (Fsp3) is 1.00. The standard InChI is InChI=1S/C10H6Cl4F12O/c11-7(12,1-5(17,18)3(15)9(21,22)23)27-8(13,14)2-6(19,20)4(16)10(24,25)26/h3-4H,1-2H2. The van der Waals surface area contributed by atoms with Crippen molar-refractivity contribution in [3.05, 3.63) is 0 Å². The smallest absolute Gasteiger partial charge is 0.310 e. The summed E-state index contributed by atoms with van der Waals surface area (Å²) in [6.45, 7) is 0. The van der Waals surface area contributed by atoms with Gasteiger partial charge in [-0.3, -0.25) is 0 Å². The first kappa shape index (κ1) is 27.3. The van der Waals surface area contributed by atoms with Gasteiger partial charge in [-0.1, -0.05) is 46.4 Å². The molecule has 27 heavy (non-hydrogen) atoms. The van der Waals surface area contributed by atoms with Crippen molar-refractivity contribution in [1.82, 2.24) is 0 Å². The minimum absolute atomic E-state index is 2.56. The van der Waals surface area contributed by atoms with Crippen LogP contribution in [0.15, 0.2) is 0 Å². The fourth-order valence-electron chi connectivity index (χ4n) is 1.50. The summed E-state index contributed by atoms with van der Waals surface area (Å²) >= 11 is 20.0. The molecule has 0 fully saturated rings. The number of hydrogen-bond acceptors (Lipinski definition) is 1. The van der Waals surface area contributed by atoms with Crippen LogP contribution in [0.4, 0.5) is 52.7 Å². The largest absolute Gasteiger partial charge is 0.425 e. The zero-order chi connectivity index (χ0) is 22.3. The van der Waals surface area contributed by atoms with Gasteiger partial charge in [0, 0.05) is 0 Å². The summed E-state index contributed by atoms with van der Waals surface area (Å²) < 4.78 is 147. The lowest BCUT2D eigenvalue weighted by Gasteiger charge is -2.34. The maximum absolute atomic E-state index is 13.2. The van der Waals surface area contributed by atoms with Gasteiger partial charge in [0.15, 0.2) is 0 Å². The van der Waals surface area contributed by atoms with Crippen LogP contribution in [0.3, 0.4) is 0 Å². The third-order valence-corrected chi connectivity index (χ3v) is 3.34. The van der Waals surface area contributed by atoms with Crippen LogP contribution in [0.2, 0.25) is 0 Å². The average Bonchev–Trinajstić information content (AvgIpc) is 2.29. The molecule has 0 aromatic rings. The molecule has 0 aliphatic heterocycles. The number of hydrogen-bond donors (Lipinski definition) is 0. The minimum Gasteiger partial charge on any atom is -0.310 e. The van der Waals surface area contributed by atoms with Crippen molar-refractivity contribution in [3.63, 3.8) is 0 Å². The molecule has 0 heterocycles. The Balaban J connectivity index is 5.31. The molecule has 0 bridgehead atoms. The molecule has 17 heteroatoms. The van der Waals surface area contributed by atoms with Gasteiger partial charge in [0.25, 0.3) is 24.2 Å². The molecular formula is C10H6Cl4F12O. The van der Waals surface area contributed by atoms with Gasteiger partial charge in [-0.25, -0.2) is 26.3 Å². The summed E-state index contributed by atoms with van der Waals surface area (Å²) in [5, 5.41) is 0. The first-order valence-corrected chi connectivity index (χ1v) is 7.57. The predicted molar refractivity (Wildman–Crippen MR) is 71.0 cm³/mol. The van der Waals surface area contributed by atoms with Crippen LogP contribution < -0.4 is 0 Å². The van der Waals surface area contributed by atoms with E-state index >= 15 is 0 Å². The van der Waals surface area contributed by atoms with Gasteiger partial charge in [0.2, 0.25) is 9.04 Å². The molecule has 0 N–H and O–H groups in total. The van der Waals surface area contributed by atoms with Crippen LogP contribution in [-0.4, -0.2) is 45.6 Å². The molecule has 0 aromatic heterocycles. The Morgan fingerprint density at radius 2 is 0.778 bits per heavy atom. The highest BCUT2D eigenvalue weighted by molar-refractivity contribution is 6.50. The van der Waals surface area contributed by atoms with E-state index in [1.807, 2.05) is 0 Å². The van der Waals surface area contributed by atoms with E-state index in [4.69, 9.17) is 46.4 Å². The van der Waals surface area contributed by atoms with Crippen LogP contribution in [0, 0.1) is 0 Å². The van der Waals surface area contributed by atoms with Crippen molar-refractivity contribution in [2.75, 3.05) is 0 Å². The van der Waals surface area contributed by atoms with Gasteiger partial charge in [-0.05, 0) is 0 Å². The summed E-state index contributed by atoms with van der Waals surface area (Å²) in [4.78, 5) is 0. The first-order chi connectivity index (χ1) is 11.4. The highest BCUT2D eigenvalue weighted by Crippen LogP contribution is 2.49. The molecule has 0 aliphatic carbocycles. The summed E-state index contributed by atoms with van der Waals surface area (Å²) in [7, 11) is 0. The zero-order valence-electron chi connectivity index (χ0n) is 12.0. The van der Waals surface area contributed by atoms with Crippen LogP contribution in [0.5, 0.6) is 0 Å². The number of halogens is 16. The van der Waals surface area contributed by atoms with Gasteiger partial charge >= 0.3 is 12.4 Å². The van der Waals surface area contributed by atoms with E-state index in [9.17, 15) is 52.7 Å². The molecule has 0 aliphatic rings. The molecule has 2 unspecified atom stereocenters. The predicted octanol–water partition coefficient (Wildman–Crippen LogP) is 7.12. The molecule has 0 aromatic carbocycles. The number of rotatable bonds is 8. The molecule has 164 valence electrons. The molecule has 0 saturated heterocycles. The minimum atomic E-state index is -6.09. The van der Waals surface area contributed by atoms with Crippen LogP contribution in [0.1, 0.15) is 12.8 Å². The Hall–Kier alpha value is 0.280. The van der Waals surface area contributed by atoms with Crippen LogP contribution in [0.25, 0.3) is 0 Å². The van der Waals surface area contributed by atoms with E-state index in [1.165, 1.54) is 0 Å². The van der Waals surface area contributed by atoms with Crippen LogP contribution in [-0.2, 0) is 4.74 Å². The van der Waals surface area contributed by atoms with Crippen molar-refractivity contribution in [2.24, 2.45) is 0 Å². The average molecular weight is 512 g/mol. The topological polar surface area (TPSA) is 9.23 Å². The molecule has 1 nitrogen and oxygen atoms in total. The first-order valence-electron chi connectivity index (χ1n) is 6.06. The van der Waals surface area contributed by atoms with Crippen LogP contribution >= 0.6 is 46.4 Å². The normalized spacial score (nSPS) is 17.8. The summed E-state index contributed by atoms with van der Waals surface area (Å²) in [5.74, 6) is -10.8. The molecule has 0 saturated carbocycles. The summed E-state index contributed by atoms with van der Waals surface area (Å²) in [5.41, 5.74) is 0. The molecule has 0 rings (SSSR count). The van der Waals surface area contributed by atoms with E-state index < -0.39 is 58.4 Å². The fourth-order valence-corrected chi connectivity index (χ4v) is 2.89. The number of alkyl halides is 16. The summed E-state index contributed by atoms with van der Waals surface area (Å²) in [6, 6.07) is 0. The third-order valence-electron chi connectivity index (χ3n) is 2.50. The van der Waals surface area contributed by atoms with E-state index in [0.717, 1.165) is 0 Å². The lowest BCUT2D eigenvalue weighted by atomic mass is 10.1. The summed E-state index contributed by atoms with van der Waals surface area (Å²) in [6.07, 6.45) is -27.0. The highest BCUT2D eigenvalue weighted by Gasteiger charge is 2.62. The Morgan fingerprint density at radius 3 is 0.963 bits per heavy atom. The third kappa shape index (κ3) is 8.67.